The highest BCUT2D eigenvalue weighted by Gasteiger charge is 2.10. The van der Waals surface area contributed by atoms with Crippen LogP contribution in [0.2, 0.25) is 0 Å². The summed E-state index contributed by atoms with van der Waals surface area (Å²) in [5.41, 5.74) is 2.64. The lowest BCUT2D eigenvalue weighted by atomic mass is 10.3. The molecule has 1 atom stereocenters. The Kier molecular flexibility index (Phi) is 4.45. The third-order valence-electron chi connectivity index (χ3n) is 1.68. The molecule has 0 amide bonds. The second kappa shape index (κ2) is 5.69. The quantitative estimate of drug-likeness (QED) is 0.338. The van der Waals surface area contributed by atoms with E-state index in [1.165, 1.54) is 0 Å². The molecule has 5 heteroatoms. The van der Waals surface area contributed by atoms with Crippen LogP contribution in [0, 0.1) is 0 Å². The van der Waals surface area contributed by atoms with Crippen LogP contribution in [0.3, 0.4) is 0 Å². The molecule has 1 unspecified atom stereocenters. The largest absolute Gasteiger partial charge is 0.379 e. The van der Waals surface area contributed by atoms with Crippen LogP contribution in [0.4, 0.5) is 0 Å². The van der Waals surface area contributed by atoms with Gasteiger partial charge in [-0.1, -0.05) is 6.92 Å². The normalized spacial score (nSPS) is 13.1. The van der Waals surface area contributed by atoms with Crippen LogP contribution in [-0.2, 0) is 4.74 Å². The molecule has 0 spiro atoms. The first-order valence-corrected chi connectivity index (χ1v) is 4.41. The summed E-state index contributed by atoms with van der Waals surface area (Å²) in [7, 11) is 0. The fraction of sp³-hybridized carbons (Fsp3) is 0.625. The van der Waals surface area contributed by atoms with Gasteiger partial charge in [0, 0.05) is 19.0 Å². The average molecular weight is 184 g/mol. The van der Waals surface area contributed by atoms with E-state index in [9.17, 15) is 0 Å². The van der Waals surface area contributed by atoms with Gasteiger partial charge in [0.2, 0.25) is 0 Å². The maximum Gasteiger partial charge on any atom is 0.126 e. The Hall–Kier alpha value is -0.910. The van der Waals surface area contributed by atoms with E-state index < -0.39 is 0 Å². The van der Waals surface area contributed by atoms with E-state index in [1.807, 2.05) is 0 Å². The minimum absolute atomic E-state index is 0.0541. The van der Waals surface area contributed by atoms with Gasteiger partial charge in [0.05, 0.1) is 6.61 Å². The minimum Gasteiger partial charge on any atom is -0.379 e. The van der Waals surface area contributed by atoms with Crippen LogP contribution in [0.25, 0.3) is 0 Å². The van der Waals surface area contributed by atoms with E-state index >= 15 is 0 Å². The van der Waals surface area contributed by atoms with E-state index in [0.717, 1.165) is 18.9 Å². The third-order valence-corrected chi connectivity index (χ3v) is 1.68. The number of hydrogen-bond acceptors (Lipinski definition) is 4. The number of nitrogens with two attached hydrogens (primary N) is 1. The Morgan fingerprint density at radius 2 is 2.62 bits per heavy atom. The number of aromatic nitrogens is 2. The van der Waals surface area contributed by atoms with Gasteiger partial charge in [0.1, 0.15) is 11.9 Å². The van der Waals surface area contributed by atoms with E-state index in [0.29, 0.717) is 6.61 Å². The maximum atomic E-state index is 5.36. The number of H-pyrrole nitrogens is 1. The summed E-state index contributed by atoms with van der Waals surface area (Å²) < 4.78 is 5.36. The molecule has 0 radical (unpaired) electrons. The molecular formula is C8H16N4O. The lowest BCUT2D eigenvalue weighted by Crippen LogP contribution is -2.32. The fourth-order valence-corrected chi connectivity index (χ4v) is 1.02. The predicted octanol–water partition coefficient (Wildman–Crippen LogP) is 0.341. The van der Waals surface area contributed by atoms with E-state index in [4.69, 9.17) is 10.6 Å². The average Bonchev–Trinajstić information content (AvgIpc) is 2.65. The van der Waals surface area contributed by atoms with Crippen LogP contribution in [0.5, 0.6) is 0 Å². The van der Waals surface area contributed by atoms with Crippen LogP contribution < -0.4 is 11.3 Å². The number of imidazole rings is 1. The molecule has 13 heavy (non-hydrogen) atoms. The van der Waals surface area contributed by atoms with Gasteiger partial charge in [-0.2, -0.15) is 0 Å². The zero-order chi connectivity index (χ0) is 9.52. The summed E-state index contributed by atoms with van der Waals surface area (Å²) in [5, 5.41) is 0. The molecule has 0 saturated carbocycles. The molecule has 1 rings (SSSR count). The Morgan fingerprint density at radius 1 is 1.77 bits per heavy atom. The first kappa shape index (κ1) is 10.2. The fourth-order valence-electron chi connectivity index (χ4n) is 1.02. The van der Waals surface area contributed by atoms with Crippen LogP contribution >= 0.6 is 0 Å². The number of hydrogen-bond donors (Lipinski definition) is 3. The van der Waals surface area contributed by atoms with Crippen molar-refractivity contribution >= 4 is 0 Å². The molecule has 0 aliphatic heterocycles. The van der Waals surface area contributed by atoms with Crippen molar-refractivity contribution in [1.82, 2.24) is 15.4 Å². The van der Waals surface area contributed by atoms with Gasteiger partial charge < -0.3 is 9.72 Å². The lowest BCUT2D eigenvalue weighted by molar-refractivity contribution is 0.110. The lowest BCUT2D eigenvalue weighted by Gasteiger charge is -2.12. The topological polar surface area (TPSA) is 76.0 Å². The number of nitrogens with one attached hydrogen (secondary N) is 2. The summed E-state index contributed by atoms with van der Waals surface area (Å²) in [5.74, 6) is 6.16. The highest BCUT2D eigenvalue weighted by atomic mass is 16.5. The Morgan fingerprint density at radius 3 is 3.15 bits per heavy atom. The molecule has 1 heterocycles. The molecule has 0 aromatic carbocycles. The second-order valence-electron chi connectivity index (χ2n) is 2.77. The molecule has 4 N–H and O–H groups in total. The van der Waals surface area contributed by atoms with E-state index in [-0.39, 0.29) is 6.04 Å². The molecule has 0 aliphatic rings. The van der Waals surface area contributed by atoms with Gasteiger partial charge in [-0.15, -0.1) is 0 Å². The highest BCUT2D eigenvalue weighted by molar-refractivity contribution is 4.94. The van der Waals surface area contributed by atoms with Crippen LogP contribution in [0.15, 0.2) is 12.4 Å². The molecule has 0 bridgehead atoms. The molecule has 1 aromatic heterocycles. The molecule has 0 fully saturated rings. The number of rotatable bonds is 6. The highest BCUT2D eigenvalue weighted by Crippen LogP contribution is 2.05. The van der Waals surface area contributed by atoms with Gasteiger partial charge >= 0.3 is 0 Å². The summed E-state index contributed by atoms with van der Waals surface area (Å²) in [6, 6.07) is -0.0541. The molecule has 0 saturated heterocycles. The van der Waals surface area contributed by atoms with Crippen molar-refractivity contribution in [2.75, 3.05) is 13.2 Å². The van der Waals surface area contributed by atoms with Crippen molar-refractivity contribution in [3.63, 3.8) is 0 Å². The van der Waals surface area contributed by atoms with Gasteiger partial charge in [-0.25, -0.2) is 10.4 Å². The zero-order valence-corrected chi connectivity index (χ0v) is 7.79. The number of aromatic amines is 1. The Balaban J connectivity index is 2.35. The van der Waals surface area contributed by atoms with Crippen molar-refractivity contribution in [2.45, 2.75) is 19.4 Å². The van der Waals surface area contributed by atoms with Gasteiger partial charge in [0.25, 0.3) is 0 Å². The van der Waals surface area contributed by atoms with Crippen LogP contribution in [-0.4, -0.2) is 23.2 Å². The monoisotopic (exact) mass is 184 g/mol. The van der Waals surface area contributed by atoms with Gasteiger partial charge in [-0.05, 0) is 6.42 Å². The first-order valence-electron chi connectivity index (χ1n) is 4.41. The molecule has 0 aliphatic carbocycles. The molecular weight excluding hydrogens is 168 g/mol. The van der Waals surface area contributed by atoms with Crippen molar-refractivity contribution in [3.8, 4) is 0 Å². The predicted molar refractivity (Wildman–Crippen MR) is 49.8 cm³/mol. The first-order chi connectivity index (χ1) is 6.38. The molecule has 1 aromatic rings. The summed E-state index contributed by atoms with van der Waals surface area (Å²) in [6.45, 7) is 3.36. The standard InChI is InChI=1S/C8H16N4O/c1-2-5-13-6-7(12-9)8-10-3-4-11-8/h3-4,7,12H,2,5-6,9H2,1H3,(H,10,11). The zero-order valence-electron chi connectivity index (χ0n) is 7.79. The second-order valence-corrected chi connectivity index (χ2v) is 2.77. The minimum atomic E-state index is -0.0541. The third kappa shape index (κ3) is 3.14. The smallest absolute Gasteiger partial charge is 0.126 e. The SMILES string of the molecule is CCCOCC(NN)c1ncc[nH]1. The molecule has 74 valence electrons. The van der Waals surface area contributed by atoms with Crippen LogP contribution in [0.1, 0.15) is 25.2 Å². The number of ether oxygens (including phenoxy) is 1. The Bertz CT molecular complexity index is 212. The van der Waals surface area contributed by atoms with Crippen molar-refractivity contribution < 1.29 is 4.74 Å². The summed E-state index contributed by atoms with van der Waals surface area (Å²) in [6.07, 6.45) is 4.47. The summed E-state index contributed by atoms with van der Waals surface area (Å²) >= 11 is 0. The maximum absolute atomic E-state index is 5.36. The van der Waals surface area contributed by atoms with E-state index in [1.54, 1.807) is 12.4 Å². The molecule has 5 nitrogen and oxygen atoms in total. The number of nitrogens with zero attached hydrogens (tertiary/aromatic N) is 1. The van der Waals surface area contributed by atoms with Crippen molar-refractivity contribution in [3.05, 3.63) is 18.2 Å². The Labute approximate surface area is 77.7 Å². The van der Waals surface area contributed by atoms with E-state index in [2.05, 4.69) is 22.3 Å². The van der Waals surface area contributed by atoms with Crippen molar-refractivity contribution in [1.29, 1.82) is 0 Å². The van der Waals surface area contributed by atoms with Gasteiger partial charge in [-0.3, -0.25) is 5.84 Å². The summed E-state index contributed by atoms with van der Waals surface area (Å²) in [4.78, 5) is 7.07. The van der Waals surface area contributed by atoms with Gasteiger partial charge in [0.15, 0.2) is 0 Å². The van der Waals surface area contributed by atoms with Crippen molar-refractivity contribution in [2.24, 2.45) is 5.84 Å². The number of hydrazine groups is 1.